The van der Waals surface area contributed by atoms with Crippen molar-refractivity contribution in [2.24, 2.45) is 0 Å². The van der Waals surface area contributed by atoms with Gasteiger partial charge in [-0.15, -0.1) is 18.2 Å². The van der Waals surface area contributed by atoms with Gasteiger partial charge in [-0.2, -0.15) is 0 Å². The van der Waals surface area contributed by atoms with E-state index in [-0.39, 0.29) is 6.54 Å². The van der Waals surface area contributed by atoms with Gasteiger partial charge in [-0.3, -0.25) is 0 Å². The van der Waals surface area contributed by atoms with Crippen LogP contribution in [0.1, 0.15) is 20.8 Å². The predicted molar refractivity (Wildman–Crippen MR) is 60.1 cm³/mol. The molecule has 0 aromatic heterocycles. The van der Waals surface area contributed by atoms with Crippen molar-refractivity contribution in [3.8, 4) is 0 Å². The van der Waals surface area contributed by atoms with Crippen molar-refractivity contribution in [3.05, 3.63) is 12.7 Å². The number of ether oxygens (including phenoxy) is 1. The van der Waals surface area contributed by atoms with Crippen molar-refractivity contribution in [2.45, 2.75) is 37.9 Å². The first-order valence-corrected chi connectivity index (χ1v) is 5.11. The molecule has 0 radical (unpaired) electrons. The molecular weight excluding hydrogens is 218 g/mol. The van der Waals surface area contributed by atoms with Gasteiger partial charge in [-0.1, -0.05) is 6.08 Å². The van der Waals surface area contributed by atoms with Gasteiger partial charge >= 0.3 is 6.09 Å². The van der Waals surface area contributed by atoms with E-state index in [1.165, 1.54) is 6.08 Å². The maximum Gasteiger partial charge on any atom is 0.407 e. The largest absolute Gasteiger partial charge is 0.444 e. The summed E-state index contributed by atoms with van der Waals surface area (Å²) in [5, 5.41) is 11.2. The molecule has 4 nitrogen and oxygen atoms in total. The number of nitrogens with one attached hydrogen (secondary N) is 1. The van der Waals surface area contributed by atoms with Gasteiger partial charge in [-0.25, -0.2) is 4.79 Å². The highest BCUT2D eigenvalue weighted by Gasteiger charge is 2.18. The van der Waals surface area contributed by atoms with E-state index < -0.39 is 23.2 Å². The molecule has 0 aliphatic rings. The van der Waals surface area contributed by atoms with Gasteiger partial charge in [-0.05, 0) is 20.8 Å². The number of alkyl carbamates (subject to hydrolysis) is 1. The number of halogens is 1. The maximum atomic E-state index is 11.2. The molecule has 0 bridgehead atoms. The monoisotopic (exact) mass is 235 g/mol. The number of aliphatic hydroxyl groups is 1. The van der Waals surface area contributed by atoms with E-state index in [4.69, 9.17) is 16.3 Å². The van der Waals surface area contributed by atoms with Crippen molar-refractivity contribution in [1.82, 2.24) is 5.32 Å². The molecule has 0 saturated heterocycles. The molecule has 5 heteroatoms. The molecule has 2 N–H and O–H groups in total. The zero-order chi connectivity index (χ0) is 12.1. The van der Waals surface area contributed by atoms with Crippen LogP contribution in [0.3, 0.4) is 0 Å². The Morgan fingerprint density at radius 1 is 1.67 bits per heavy atom. The molecule has 2 atom stereocenters. The fourth-order valence-corrected chi connectivity index (χ4v) is 0.861. The Bertz CT molecular complexity index is 225. The van der Waals surface area contributed by atoms with Crippen LogP contribution < -0.4 is 5.32 Å². The molecule has 0 aromatic carbocycles. The van der Waals surface area contributed by atoms with Gasteiger partial charge in [0.25, 0.3) is 0 Å². The summed E-state index contributed by atoms with van der Waals surface area (Å²) in [6.45, 7) is 8.75. The van der Waals surface area contributed by atoms with Crippen LogP contribution in [0, 0.1) is 0 Å². The first-order valence-electron chi connectivity index (χ1n) is 4.68. The second kappa shape index (κ2) is 5.98. The number of amides is 1. The smallest absolute Gasteiger partial charge is 0.407 e. The highest BCUT2D eigenvalue weighted by atomic mass is 35.5. The summed E-state index contributed by atoms with van der Waals surface area (Å²) in [7, 11) is 0. The Labute approximate surface area is 95.3 Å². The summed E-state index contributed by atoms with van der Waals surface area (Å²) in [4.78, 5) is 11.2. The van der Waals surface area contributed by atoms with Gasteiger partial charge in [0.05, 0.1) is 11.5 Å². The first-order chi connectivity index (χ1) is 6.76. The summed E-state index contributed by atoms with van der Waals surface area (Å²) >= 11 is 5.67. The summed E-state index contributed by atoms with van der Waals surface area (Å²) in [5.74, 6) is 0. The normalized spacial score (nSPS) is 15.3. The fourth-order valence-electron chi connectivity index (χ4n) is 0.772. The van der Waals surface area contributed by atoms with Crippen LogP contribution in [0.25, 0.3) is 0 Å². The van der Waals surface area contributed by atoms with E-state index in [1.807, 2.05) is 0 Å². The standard InChI is InChI=1S/C10H18ClNO3/c1-5-7(11)8(13)6-12-9(14)15-10(2,3)4/h5,7-8,13H,1,6H2,2-4H3,(H,12,14)/t7-,8+/m1/s1. The molecule has 0 aliphatic heterocycles. The minimum absolute atomic E-state index is 0.0368. The first kappa shape index (κ1) is 14.3. The van der Waals surface area contributed by atoms with Crippen LogP contribution in [-0.2, 0) is 4.74 Å². The zero-order valence-corrected chi connectivity index (χ0v) is 10.0. The third kappa shape index (κ3) is 7.22. The molecule has 88 valence electrons. The van der Waals surface area contributed by atoms with Crippen LogP contribution in [-0.4, -0.2) is 34.8 Å². The topological polar surface area (TPSA) is 58.6 Å². The molecule has 0 fully saturated rings. The Morgan fingerprint density at radius 3 is 2.60 bits per heavy atom. The Hall–Kier alpha value is -0.740. The maximum absolute atomic E-state index is 11.2. The van der Waals surface area contributed by atoms with Crippen molar-refractivity contribution >= 4 is 17.7 Å². The summed E-state index contributed by atoms with van der Waals surface area (Å²) in [5.41, 5.74) is -0.548. The lowest BCUT2D eigenvalue weighted by Gasteiger charge is -2.21. The average Bonchev–Trinajstić information content (AvgIpc) is 2.10. The number of alkyl halides is 1. The Balaban J connectivity index is 3.86. The molecule has 15 heavy (non-hydrogen) atoms. The minimum Gasteiger partial charge on any atom is -0.444 e. The van der Waals surface area contributed by atoms with E-state index >= 15 is 0 Å². The van der Waals surface area contributed by atoms with Crippen LogP contribution in [0.15, 0.2) is 12.7 Å². The Morgan fingerprint density at radius 2 is 2.20 bits per heavy atom. The van der Waals surface area contributed by atoms with E-state index in [2.05, 4.69) is 11.9 Å². The molecule has 0 aromatic rings. The number of aliphatic hydroxyl groups excluding tert-OH is 1. The minimum atomic E-state index is -0.864. The SMILES string of the molecule is C=C[C@@H](Cl)[C@@H](O)CNC(=O)OC(C)(C)C. The number of rotatable bonds is 4. The summed E-state index contributed by atoms with van der Waals surface area (Å²) in [6, 6.07) is 0. The van der Waals surface area contributed by atoms with Crippen LogP contribution in [0.2, 0.25) is 0 Å². The van der Waals surface area contributed by atoms with Gasteiger partial charge in [0.2, 0.25) is 0 Å². The van der Waals surface area contributed by atoms with E-state index in [0.29, 0.717) is 0 Å². The lowest BCUT2D eigenvalue weighted by Crippen LogP contribution is -2.39. The highest BCUT2D eigenvalue weighted by Crippen LogP contribution is 2.07. The molecule has 0 unspecified atom stereocenters. The van der Waals surface area contributed by atoms with Gasteiger partial charge in [0.1, 0.15) is 5.60 Å². The van der Waals surface area contributed by atoms with Crippen molar-refractivity contribution in [2.75, 3.05) is 6.54 Å². The number of carbonyl (C=O) groups is 1. The third-order valence-corrected chi connectivity index (χ3v) is 1.92. The second-order valence-corrected chi connectivity index (χ2v) is 4.63. The van der Waals surface area contributed by atoms with Crippen LogP contribution in [0.5, 0.6) is 0 Å². The van der Waals surface area contributed by atoms with E-state index in [0.717, 1.165) is 0 Å². The van der Waals surface area contributed by atoms with E-state index in [9.17, 15) is 9.90 Å². The molecule has 0 saturated carbocycles. The molecule has 0 rings (SSSR count). The predicted octanol–water partition coefficient (Wildman–Crippen LogP) is 1.67. The third-order valence-electron chi connectivity index (χ3n) is 1.45. The van der Waals surface area contributed by atoms with Gasteiger partial charge in [0.15, 0.2) is 0 Å². The van der Waals surface area contributed by atoms with Crippen molar-refractivity contribution in [1.29, 1.82) is 0 Å². The van der Waals surface area contributed by atoms with Crippen molar-refractivity contribution < 1.29 is 14.6 Å². The fraction of sp³-hybridized carbons (Fsp3) is 0.700. The molecular formula is C10H18ClNO3. The van der Waals surface area contributed by atoms with E-state index in [1.54, 1.807) is 20.8 Å². The zero-order valence-electron chi connectivity index (χ0n) is 9.29. The van der Waals surface area contributed by atoms with Crippen molar-refractivity contribution in [3.63, 3.8) is 0 Å². The Kier molecular flexibility index (Phi) is 5.68. The molecule has 0 heterocycles. The molecule has 0 spiro atoms. The van der Waals surface area contributed by atoms with Gasteiger partial charge < -0.3 is 15.2 Å². The van der Waals surface area contributed by atoms with Crippen LogP contribution >= 0.6 is 11.6 Å². The lowest BCUT2D eigenvalue weighted by atomic mass is 10.2. The number of hydrogen-bond acceptors (Lipinski definition) is 3. The second-order valence-electron chi connectivity index (χ2n) is 4.13. The highest BCUT2D eigenvalue weighted by molar-refractivity contribution is 6.22. The summed E-state index contributed by atoms with van der Waals surface area (Å²) < 4.78 is 4.97. The van der Waals surface area contributed by atoms with Gasteiger partial charge in [0, 0.05) is 6.54 Å². The molecule has 0 aliphatic carbocycles. The average molecular weight is 236 g/mol. The van der Waals surface area contributed by atoms with Crippen LogP contribution in [0.4, 0.5) is 4.79 Å². The number of hydrogen-bond donors (Lipinski definition) is 2. The lowest BCUT2D eigenvalue weighted by molar-refractivity contribution is 0.0494. The number of carbonyl (C=O) groups excluding carboxylic acids is 1. The quantitative estimate of drug-likeness (QED) is 0.576. The molecule has 1 amide bonds. The summed E-state index contributed by atoms with van der Waals surface area (Å²) in [6.07, 6.45) is -0.0330.